The first-order chi connectivity index (χ1) is 14.6. The summed E-state index contributed by atoms with van der Waals surface area (Å²) in [4.78, 5) is 25.1. The van der Waals surface area contributed by atoms with Gasteiger partial charge < -0.3 is 10.6 Å². The SMILES string of the molecule is O=C(NCc1cccc(NC(=O)C2CCCC2)c1)c1cn[nH]c1-c1ccc(Cl)cc1. The fourth-order valence-electron chi connectivity index (χ4n) is 3.76. The lowest BCUT2D eigenvalue weighted by atomic mass is 10.1. The average Bonchev–Trinajstić information content (AvgIpc) is 3.45. The van der Waals surface area contributed by atoms with Crippen LogP contribution >= 0.6 is 11.6 Å². The first kappa shape index (κ1) is 20.2. The molecule has 2 aromatic carbocycles. The van der Waals surface area contributed by atoms with Crippen LogP contribution in [0.25, 0.3) is 11.3 Å². The third-order valence-corrected chi connectivity index (χ3v) is 5.64. The molecular weight excluding hydrogens is 400 g/mol. The number of carbonyl (C=O) groups is 2. The zero-order valence-electron chi connectivity index (χ0n) is 16.5. The predicted octanol–water partition coefficient (Wildman–Crippen LogP) is 4.79. The second-order valence-corrected chi connectivity index (χ2v) is 7.96. The molecule has 1 aromatic heterocycles. The predicted molar refractivity (Wildman–Crippen MR) is 117 cm³/mol. The van der Waals surface area contributed by atoms with Crippen molar-refractivity contribution in [2.75, 3.05) is 5.32 Å². The maximum Gasteiger partial charge on any atom is 0.255 e. The highest BCUT2D eigenvalue weighted by molar-refractivity contribution is 6.30. The zero-order chi connectivity index (χ0) is 20.9. The van der Waals surface area contributed by atoms with Gasteiger partial charge in [-0.15, -0.1) is 0 Å². The molecule has 0 radical (unpaired) electrons. The normalized spacial score (nSPS) is 13.9. The Hall–Kier alpha value is -3.12. The lowest BCUT2D eigenvalue weighted by molar-refractivity contribution is -0.119. The van der Waals surface area contributed by atoms with E-state index in [1.165, 1.54) is 6.20 Å². The second kappa shape index (κ2) is 9.13. The van der Waals surface area contributed by atoms with E-state index in [2.05, 4.69) is 20.8 Å². The van der Waals surface area contributed by atoms with Gasteiger partial charge in [0.1, 0.15) is 0 Å². The number of nitrogens with one attached hydrogen (secondary N) is 3. The Morgan fingerprint density at radius 1 is 1.10 bits per heavy atom. The largest absolute Gasteiger partial charge is 0.348 e. The molecular formula is C23H23ClN4O2. The Morgan fingerprint density at radius 2 is 1.87 bits per heavy atom. The quantitative estimate of drug-likeness (QED) is 0.533. The van der Waals surface area contributed by atoms with Gasteiger partial charge in [-0.05, 0) is 42.7 Å². The number of amides is 2. The third-order valence-electron chi connectivity index (χ3n) is 5.39. The van der Waals surface area contributed by atoms with Crippen LogP contribution in [0.5, 0.6) is 0 Å². The molecule has 0 spiro atoms. The van der Waals surface area contributed by atoms with E-state index in [0.717, 1.165) is 42.5 Å². The minimum Gasteiger partial charge on any atom is -0.348 e. The van der Waals surface area contributed by atoms with Crippen LogP contribution in [0.3, 0.4) is 0 Å². The van der Waals surface area contributed by atoms with Crippen LogP contribution in [0.4, 0.5) is 5.69 Å². The number of halogens is 1. The Balaban J connectivity index is 1.39. The summed E-state index contributed by atoms with van der Waals surface area (Å²) in [6.45, 7) is 0.344. The summed E-state index contributed by atoms with van der Waals surface area (Å²) in [7, 11) is 0. The molecule has 0 saturated heterocycles. The number of hydrogen-bond donors (Lipinski definition) is 3. The van der Waals surface area contributed by atoms with Gasteiger partial charge in [-0.1, -0.05) is 48.7 Å². The highest BCUT2D eigenvalue weighted by Crippen LogP contribution is 2.26. The lowest BCUT2D eigenvalue weighted by Crippen LogP contribution is -2.23. The van der Waals surface area contributed by atoms with Crippen molar-refractivity contribution in [3.8, 4) is 11.3 Å². The summed E-state index contributed by atoms with van der Waals surface area (Å²) >= 11 is 5.94. The first-order valence-electron chi connectivity index (χ1n) is 10.1. The van der Waals surface area contributed by atoms with Crippen LogP contribution in [0.15, 0.2) is 54.7 Å². The maximum atomic E-state index is 12.7. The summed E-state index contributed by atoms with van der Waals surface area (Å²) in [5.41, 5.74) is 3.59. The molecule has 1 heterocycles. The van der Waals surface area contributed by atoms with Crippen molar-refractivity contribution in [2.45, 2.75) is 32.2 Å². The van der Waals surface area contributed by atoms with Crippen molar-refractivity contribution in [3.05, 3.63) is 70.9 Å². The van der Waals surface area contributed by atoms with Crippen LogP contribution < -0.4 is 10.6 Å². The van der Waals surface area contributed by atoms with E-state index in [1.54, 1.807) is 12.1 Å². The smallest absolute Gasteiger partial charge is 0.255 e. The summed E-state index contributed by atoms with van der Waals surface area (Å²) in [5, 5.41) is 13.4. The Labute approximate surface area is 180 Å². The Kier molecular flexibility index (Phi) is 6.14. The van der Waals surface area contributed by atoms with Gasteiger partial charge in [-0.2, -0.15) is 5.10 Å². The number of aromatic amines is 1. The molecule has 1 aliphatic carbocycles. The molecule has 7 heteroatoms. The number of benzene rings is 2. The van der Waals surface area contributed by atoms with E-state index in [0.29, 0.717) is 22.8 Å². The number of rotatable bonds is 6. The fraction of sp³-hybridized carbons (Fsp3) is 0.261. The van der Waals surface area contributed by atoms with Gasteiger partial charge in [0.25, 0.3) is 5.91 Å². The molecule has 0 aliphatic heterocycles. The van der Waals surface area contributed by atoms with Crippen molar-refractivity contribution < 1.29 is 9.59 Å². The second-order valence-electron chi connectivity index (χ2n) is 7.52. The van der Waals surface area contributed by atoms with E-state index in [4.69, 9.17) is 11.6 Å². The average molecular weight is 423 g/mol. The molecule has 1 saturated carbocycles. The van der Waals surface area contributed by atoms with Gasteiger partial charge in [0.2, 0.25) is 5.91 Å². The molecule has 1 aliphatic rings. The Bertz CT molecular complexity index is 1040. The van der Waals surface area contributed by atoms with E-state index in [-0.39, 0.29) is 17.7 Å². The summed E-state index contributed by atoms with van der Waals surface area (Å²) in [5.74, 6) is -0.0329. The van der Waals surface area contributed by atoms with Gasteiger partial charge >= 0.3 is 0 Å². The van der Waals surface area contributed by atoms with Crippen LogP contribution in [-0.2, 0) is 11.3 Å². The van der Waals surface area contributed by atoms with Crippen LogP contribution in [-0.4, -0.2) is 22.0 Å². The summed E-state index contributed by atoms with van der Waals surface area (Å²) < 4.78 is 0. The topological polar surface area (TPSA) is 86.9 Å². The monoisotopic (exact) mass is 422 g/mol. The van der Waals surface area contributed by atoms with E-state index in [9.17, 15) is 9.59 Å². The van der Waals surface area contributed by atoms with Crippen molar-refractivity contribution >= 4 is 29.1 Å². The van der Waals surface area contributed by atoms with Gasteiger partial charge in [0, 0.05) is 28.7 Å². The van der Waals surface area contributed by atoms with Crippen molar-refractivity contribution in [2.24, 2.45) is 5.92 Å². The number of H-pyrrole nitrogens is 1. The number of anilines is 1. The summed E-state index contributed by atoms with van der Waals surface area (Å²) in [6, 6.07) is 14.8. The van der Waals surface area contributed by atoms with Crippen LogP contribution in [0.1, 0.15) is 41.6 Å². The van der Waals surface area contributed by atoms with E-state index < -0.39 is 0 Å². The molecule has 0 bridgehead atoms. The highest BCUT2D eigenvalue weighted by atomic mass is 35.5. The minimum absolute atomic E-state index is 0.0830. The van der Waals surface area contributed by atoms with Gasteiger partial charge in [0.05, 0.1) is 17.5 Å². The van der Waals surface area contributed by atoms with Crippen molar-refractivity contribution in [1.29, 1.82) is 0 Å². The molecule has 30 heavy (non-hydrogen) atoms. The summed E-state index contributed by atoms with van der Waals surface area (Å²) in [6.07, 6.45) is 5.67. The third kappa shape index (κ3) is 4.71. The number of hydrogen-bond acceptors (Lipinski definition) is 3. The molecule has 3 N–H and O–H groups in total. The van der Waals surface area contributed by atoms with Gasteiger partial charge in [-0.3, -0.25) is 14.7 Å². The van der Waals surface area contributed by atoms with E-state index in [1.807, 2.05) is 36.4 Å². The molecule has 0 unspecified atom stereocenters. The molecule has 6 nitrogen and oxygen atoms in total. The van der Waals surface area contributed by atoms with Crippen LogP contribution in [0.2, 0.25) is 5.02 Å². The fourth-order valence-corrected chi connectivity index (χ4v) is 3.89. The number of carbonyl (C=O) groups excluding carboxylic acids is 2. The van der Waals surface area contributed by atoms with Crippen LogP contribution in [0, 0.1) is 5.92 Å². The molecule has 4 rings (SSSR count). The standard InChI is InChI=1S/C23H23ClN4O2/c24-18-10-8-16(9-11-18)21-20(14-26-28-21)23(30)25-13-15-4-3-7-19(12-15)27-22(29)17-5-1-2-6-17/h3-4,7-12,14,17H,1-2,5-6,13H2,(H,25,30)(H,26,28)(H,27,29). The Morgan fingerprint density at radius 3 is 2.63 bits per heavy atom. The van der Waals surface area contributed by atoms with E-state index >= 15 is 0 Å². The molecule has 2 amide bonds. The maximum absolute atomic E-state index is 12.7. The highest BCUT2D eigenvalue weighted by Gasteiger charge is 2.22. The molecule has 154 valence electrons. The van der Waals surface area contributed by atoms with Gasteiger partial charge in [0.15, 0.2) is 0 Å². The minimum atomic E-state index is -0.228. The number of aromatic nitrogens is 2. The zero-order valence-corrected chi connectivity index (χ0v) is 17.2. The van der Waals surface area contributed by atoms with Crippen molar-refractivity contribution in [3.63, 3.8) is 0 Å². The lowest BCUT2D eigenvalue weighted by Gasteiger charge is -2.12. The molecule has 0 atom stereocenters. The molecule has 3 aromatic rings. The van der Waals surface area contributed by atoms with Gasteiger partial charge in [-0.25, -0.2) is 0 Å². The molecule has 1 fully saturated rings. The van der Waals surface area contributed by atoms with Crippen molar-refractivity contribution in [1.82, 2.24) is 15.5 Å². The number of nitrogens with zero attached hydrogens (tertiary/aromatic N) is 1. The first-order valence-corrected chi connectivity index (χ1v) is 10.5.